The molecule has 3 N–H and O–H groups in total. The number of amides is 1. The summed E-state index contributed by atoms with van der Waals surface area (Å²) in [6.45, 7) is 0.371. The molecule has 4 rings (SSSR count). The van der Waals surface area contributed by atoms with Crippen molar-refractivity contribution in [3.8, 4) is 11.1 Å². The number of rotatable bonds is 8. The Hall–Kier alpha value is -3.00. The van der Waals surface area contributed by atoms with Gasteiger partial charge in [-0.2, -0.15) is 0 Å². The Bertz CT molecular complexity index is 1030. The predicted octanol–water partition coefficient (Wildman–Crippen LogP) is 3.88. The van der Waals surface area contributed by atoms with E-state index in [2.05, 4.69) is 29.6 Å². The van der Waals surface area contributed by atoms with Crippen LogP contribution < -0.4 is 5.32 Å². The minimum atomic E-state index is -1.11. The van der Waals surface area contributed by atoms with Gasteiger partial charge in [-0.25, -0.2) is 4.79 Å². The van der Waals surface area contributed by atoms with Gasteiger partial charge in [0.2, 0.25) is 0 Å². The molecule has 1 aliphatic rings. The monoisotopic (exact) mass is 437 g/mol. The normalized spacial score (nSPS) is 14.4. The van der Waals surface area contributed by atoms with Crippen LogP contribution in [0.3, 0.4) is 0 Å². The number of aliphatic hydroxyl groups is 2. The van der Waals surface area contributed by atoms with Crippen molar-refractivity contribution in [1.82, 2.24) is 5.32 Å². The van der Waals surface area contributed by atoms with Gasteiger partial charge in [0.15, 0.2) is 6.29 Å². The Balaban J connectivity index is 1.28. The van der Waals surface area contributed by atoms with Crippen molar-refractivity contribution in [3.63, 3.8) is 0 Å². The summed E-state index contributed by atoms with van der Waals surface area (Å²) in [5.74, 6) is -0.0172. The Kier molecular flexibility index (Phi) is 6.46. The largest absolute Gasteiger partial charge is 0.449 e. The number of fused-ring (bicyclic) bond motifs is 3. The zero-order valence-corrected chi connectivity index (χ0v) is 17.5. The van der Waals surface area contributed by atoms with Crippen LogP contribution in [0.15, 0.2) is 60.7 Å². The molecule has 2 atom stereocenters. The molecule has 1 heterocycles. The number of alkyl carbamates (subject to hydrolysis) is 1. The Morgan fingerprint density at radius 1 is 1.03 bits per heavy atom. The standard InChI is InChI=1S/C24H23NO5S/c26-13-15-9-10-22(31-15)23(28)21(27)11-12-25-24(29)30-14-20-18-7-3-1-5-16(18)17-6-2-4-8-19(17)20/h1-10,13,20-21,23,27-28H,11-12,14H2,(H,25,29). The average molecular weight is 438 g/mol. The number of thiophene rings is 1. The van der Waals surface area contributed by atoms with Gasteiger partial charge in [-0.1, -0.05) is 48.5 Å². The SMILES string of the molecule is O=Cc1ccc(C(O)C(O)CCNC(=O)OCC2c3ccccc3-c3ccccc32)s1. The minimum Gasteiger partial charge on any atom is -0.449 e. The van der Waals surface area contributed by atoms with Crippen molar-refractivity contribution < 1.29 is 24.5 Å². The number of ether oxygens (including phenoxy) is 1. The third kappa shape index (κ3) is 4.54. The van der Waals surface area contributed by atoms with Crippen molar-refractivity contribution in [2.45, 2.75) is 24.5 Å². The summed E-state index contributed by atoms with van der Waals surface area (Å²) in [4.78, 5) is 23.9. The number of nitrogens with one attached hydrogen (secondary N) is 1. The highest BCUT2D eigenvalue weighted by molar-refractivity contribution is 7.13. The fraction of sp³-hybridized carbons (Fsp3) is 0.250. The lowest BCUT2D eigenvalue weighted by atomic mass is 9.98. The maximum absolute atomic E-state index is 12.2. The van der Waals surface area contributed by atoms with E-state index in [0.29, 0.717) is 16.0 Å². The molecule has 0 fully saturated rings. The highest BCUT2D eigenvalue weighted by Gasteiger charge is 2.29. The molecular weight excluding hydrogens is 414 g/mol. The summed E-state index contributed by atoms with van der Waals surface area (Å²) in [7, 11) is 0. The highest BCUT2D eigenvalue weighted by Crippen LogP contribution is 2.44. The molecule has 1 amide bonds. The smallest absolute Gasteiger partial charge is 0.407 e. The first-order chi connectivity index (χ1) is 15.1. The van der Waals surface area contributed by atoms with E-state index in [1.165, 1.54) is 0 Å². The summed E-state index contributed by atoms with van der Waals surface area (Å²) in [5.41, 5.74) is 4.60. The molecule has 0 bridgehead atoms. The Morgan fingerprint density at radius 2 is 1.68 bits per heavy atom. The first-order valence-electron chi connectivity index (χ1n) is 10.1. The molecule has 0 radical (unpaired) electrons. The fourth-order valence-corrected chi connectivity index (χ4v) is 4.78. The summed E-state index contributed by atoms with van der Waals surface area (Å²) in [6, 6.07) is 19.4. The van der Waals surface area contributed by atoms with Crippen molar-refractivity contribution in [3.05, 3.63) is 81.5 Å². The molecule has 160 valence electrons. The third-order valence-electron chi connectivity index (χ3n) is 5.47. The van der Waals surface area contributed by atoms with E-state index in [4.69, 9.17) is 4.74 Å². The first-order valence-corrected chi connectivity index (χ1v) is 10.9. The molecule has 6 nitrogen and oxygen atoms in total. The summed E-state index contributed by atoms with van der Waals surface area (Å²) >= 11 is 1.13. The summed E-state index contributed by atoms with van der Waals surface area (Å²) < 4.78 is 5.45. The van der Waals surface area contributed by atoms with Gasteiger partial charge in [0.05, 0.1) is 11.0 Å². The maximum atomic E-state index is 12.2. The molecule has 0 saturated carbocycles. The molecule has 1 aliphatic carbocycles. The molecular formula is C24H23NO5S. The molecule has 0 aliphatic heterocycles. The van der Waals surface area contributed by atoms with Gasteiger partial charge >= 0.3 is 6.09 Å². The van der Waals surface area contributed by atoms with E-state index in [9.17, 15) is 19.8 Å². The van der Waals surface area contributed by atoms with Gasteiger partial charge in [-0.15, -0.1) is 11.3 Å². The van der Waals surface area contributed by atoms with E-state index in [1.807, 2.05) is 24.3 Å². The lowest BCUT2D eigenvalue weighted by Crippen LogP contribution is -2.30. The highest BCUT2D eigenvalue weighted by atomic mass is 32.1. The van der Waals surface area contributed by atoms with Gasteiger partial charge in [0.25, 0.3) is 0 Å². The van der Waals surface area contributed by atoms with E-state index in [1.54, 1.807) is 12.1 Å². The van der Waals surface area contributed by atoms with Crippen molar-refractivity contribution >= 4 is 23.7 Å². The second-order valence-electron chi connectivity index (χ2n) is 7.41. The first kappa shape index (κ1) is 21.2. The van der Waals surface area contributed by atoms with Gasteiger partial charge in [0, 0.05) is 17.3 Å². The number of hydrogen-bond acceptors (Lipinski definition) is 6. The van der Waals surface area contributed by atoms with Gasteiger partial charge in [-0.05, 0) is 40.8 Å². The van der Waals surface area contributed by atoms with E-state index in [-0.39, 0.29) is 25.5 Å². The molecule has 2 aromatic carbocycles. The molecule has 7 heteroatoms. The molecule has 0 saturated heterocycles. The van der Waals surface area contributed by atoms with Crippen LogP contribution in [0, 0.1) is 0 Å². The number of carbonyl (C=O) groups excluding carboxylic acids is 2. The Morgan fingerprint density at radius 3 is 2.29 bits per heavy atom. The number of carbonyl (C=O) groups is 2. The maximum Gasteiger partial charge on any atom is 0.407 e. The van der Waals surface area contributed by atoms with Crippen LogP contribution in [0.25, 0.3) is 11.1 Å². The molecule has 2 unspecified atom stereocenters. The van der Waals surface area contributed by atoms with Crippen LogP contribution in [0.5, 0.6) is 0 Å². The summed E-state index contributed by atoms with van der Waals surface area (Å²) in [5, 5.41) is 23.0. The zero-order valence-electron chi connectivity index (χ0n) is 16.7. The molecule has 1 aromatic heterocycles. The average Bonchev–Trinajstić information content (AvgIpc) is 3.40. The number of aldehydes is 1. The zero-order chi connectivity index (χ0) is 21.8. The lowest BCUT2D eigenvalue weighted by molar-refractivity contribution is 0.0158. The second-order valence-corrected chi connectivity index (χ2v) is 8.56. The van der Waals surface area contributed by atoms with Gasteiger partial charge < -0.3 is 20.3 Å². The molecule has 0 spiro atoms. The topological polar surface area (TPSA) is 95.9 Å². The van der Waals surface area contributed by atoms with Gasteiger partial charge in [-0.3, -0.25) is 4.79 Å². The van der Waals surface area contributed by atoms with Crippen LogP contribution >= 0.6 is 11.3 Å². The number of hydrogen-bond donors (Lipinski definition) is 3. The van der Waals surface area contributed by atoms with Crippen LogP contribution in [0.1, 0.15) is 44.1 Å². The number of aliphatic hydroxyl groups excluding tert-OH is 2. The molecule has 3 aromatic rings. The lowest BCUT2D eigenvalue weighted by Gasteiger charge is -2.17. The van der Waals surface area contributed by atoms with Crippen LogP contribution in [-0.2, 0) is 4.74 Å². The predicted molar refractivity (Wildman–Crippen MR) is 118 cm³/mol. The third-order valence-corrected chi connectivity index (χ3v) is 6.55. The van der Waals surface area contributed by atoms with Crippen LogP contribution in [-0.4, -0.2) is 41.8 Å². The van der Waals surface area contributed by atoms with Gasteiger partial charge in [0.1, 0.15) is 12.7 Å². The molecule has 31 heavy (non-hydrogen) atoms. The van der Waals surface area contributed by atoms with E-state index < -0.39 is 18.3 Å². The van der Waals surface area contributed by atoms with Crippen LogP contribution in [0.4, 0.5) is 4.79 Å². The fourth-order valence-electron chi connectivity index (χ4n) is 3.91. The second kappa shape index (κ2) is 9.43. The Labute approximate surface area is 184 Å². The van der Waals surface area contributed by atoms with E-state index >= 15 is 0 Å². The quantitative estimate of drug-likeness (QED) is 0.465. The summed E-state index contributed by atoms with van der Waals surface area (Å²) in [6.07, 6.45) is -1.89. The van der Waals surface area contributed by atoms with Crippen molar-refractivity contribution in [2.24, 2.45) is 0 Å². The van der Waals surface area contributed by atoms with Crippen LogP contribution in [0.2, 0.25) is 0 Å². The van der Waals surface area contributed by atoms with Crippen molar-refractivity contribution in [2.75, 3.05) is 13.2 Å². The number of benzene rings is 2. The minimum absolute atomic E-state index is 0.0172. The van der Waals surface area contributed by atoms with Crippen molar-refractivity contribution in [1.29, 1.82) is 0 Å². The van der Waals surface area contributed by atoms with E-state index in [0.717, 1.165) is 33.6 Å².